The number of nitro groups is 1. The highest BCUT2D eigenvalue weighted by atomic mass is 16.6. The molecule has 0 spiro atoms. The van der Waals surface area contributed by atoms with Gasteiger partial charge in [0.1, 0.15) is 11.3 Å². The van der Waals surface area contributed by atoms with Crippen molar-refractivity contribution < 1.29 is 14.1 Å². The number of non-ortho nitro benzene ring substituents is 1. The summed E-state index contributed by atoms with van der Waals surface area (Å²) in [5.74, 6) is 0.146. The van der Waals surface area contributed by atoms with Gasteiger partial charge in [-0.05, 0) is 64.9 Å². The summed E-state index contributed by atoms with van der Waals surface area (Å²) in [7, 11) is 0. The topological polar surface area (TPSA) is 85.4 Å². The van der Waals surface area contributed by atoms with E-state index in [1.54, 1.807) is 12.1 Å². The molecule has 0 bridgehead atoms. The van der Waals surface area contributed by atoms with Gasteiger partial charge in [0.2, 0.25) is 5.91 Å². The zero-order valence-electron chi connectivity index (χ0n) is 22.2. The van der Waals surface area contributed by atoms with E-state index in [4.69, 9.17) is 4.42 Å². The fourth-order valence-corrected chi connectivity index (χ4v) is 4.64. The molecule has 6 heteroatoms. The maximum atomic E-state index is 13.6. The molecule has 1 amide bonds. The van der Waals surface area contributed by atoms with E-state index in [0.29, 0.717) is 12.1 Å². The van der Waals surface area contributed by atoms with Crippen LogP contribution < -0.4 is 5.32 Å². The van der Waals surface area contributed by atoms with Crippen LogP contribution in [0.3, 0.4) is 0 Å². The summed E-state index contributed by atoms with van der Waals surface area (Å²) in [6.45, 7) is 6.45. The number of benzene rings is 4. The molecule has 0 aliphatic heterocycles. The molecule has 1 aromatic heterocycles. The van der Waals surface area contributed by atoms with Crippen molar-refractivity contribution in [2.45, 2.75) is 38.5 Å². The quantitative estimate of drug-likeness (QED) is 0.174. The first kappa shape index (κ1) is 25.9. The van der Waals surface area contributed by atoms with Crippen LogP contribution in [0.15, 0.2) is 108 Å². The molecule has 0 radical (unpaired) electrons. The van der Waals surface area contributed by atoms with E-state index >= 15 is 0 Å². The largest absolute Gasteiger partial charge is 0.456 e. The Bertz CT molecular complexity index is 1580. The fraction of sp³-hybridized carbons (Fsp3) is 0.182. The van der Waals surface area contributed by atoms with Crippen LogP contribution in [0, 0.1) is 10.1 Å². The first-order valence-corrected chi connectivity index (χ1v) is 12.9. The smallest absolute Gasteiger partial charge is 0.269 e. The van der Waals surface area contributed by atoms with Crippen LogP contribution in [0.25, 0.3) is 22.3 Å². The summed E-state index contributed by atoms with van der Waals surface area (Å²) >= 11 is 0. The number of para-hydroxylation sites is 1. The number of nitrogens with zero attached hydrogens (tertiary/aromatic N) is 1. The number of rotatable bonds is 7. The second kappa shape index (κ2) is 10.6. The predicted octanol–water partition coefficient (Wildman–Crippen LogP) is 8.27. The van der Waals surface area contributed by atoms with E-state index in [-0.39, 0.29) is 17.0 Å². The highest BCUT2D eigenvalue weighted by Crippen LogP contribution is 2.30. The number of nitro benzene ring substituents is 1. The van der Waals surface area contributed by atoms with E-state index in [1.807, 2.05) is 66.7 Å². The molecule has 0 fully saturated rings. The predicted molar refractivity (Wildman–Crippen MR) is 155 cm³/mol. The SMILES string of the molecule is CC(C)(C)c1ccc(C(Cc2ccc([N+](=O)[O-])cc2)C(=O)Nc2ccc(-c3cc4ccccc4o3)cc2)cc1. The molecular formula is C33H30N2O4. The Morgan fingerprint density at radius 1 is 0.897 bits per heavy atom. The Hall–Kier alpha value is -4.71. The number of carbonyl (C=O) groups excluding carboxylic acids is 1. The molecule has 0 aliphatic rings. The number of furan rings is 1. The average molecular weight is 519 g/mol. The minimum absolute atomic E-state index is 0.00373. The summed E-state index contributed by atoms with van der Waals surface area (Å²) in [5.41, 5.74) is 5.37. The lowest BCUT2D eigenvalue weighted by Gasteiger charge is -2.22. The molecule has 0 saturated heterocycles. The zero-order valence-corrected chi connectivity index (χ0v) is 22.2. The molecule has 5 rings (SSSR count). The molecule has 1 N–H and O–H groups in total. The van der Waals surface area contributed by atoms with Crippen LogP contribution in [-0.2, 0) is 16.6 Å². The van der Waals surface area contributed by atoms with Gasteiger partial charge in [0.15, 0.2) is 0 Å². The third-order valence-corrected chi connectivity index (χ3v) is 6.95. The van der Waals surface area contributed by atoms with Crippen molar-refractivity contribution in [1.29, 1.82) is 0 Å². The van der Waals surface area contributed by atoms with Gasteiger partial charge in [-0.1, -0.05) is 75.4 Å². The monoisotopic (exact) mass is 518 g/mol. The summed E-state index contributed by atoms with van der Waals surface area (Å²) in [5, 5.41) is 15.2. The summed E-state index contributed by atoms with van der Waals surface area (Å²) in [6.07, 6.45) is 0.412. The Morgan fingerprint density at radius 2 is 1.56 bits per heavy atom. The van der Waals surface area contributed by atoms with Crippen LogP contribution in [0.4, 0.5) is 11.4 Å². The Labute approximate surface area is 227 Å². The van der Waals surface area contributed by atoms with Crippen molar-refractivity contribution in [2.75, 3.05) is 5.32 Å². The van der Waals surface area contributed by atoms with E-state index < -0.39 is 10.8 Å². The lowest BCUT2D eigenvalue weighted by atomic mass is 9.84. The van der Waals surface area contributed by atoms with Gasteiger partial charge < -0.3 is 9.73 Å². The molecule has 1 atom stereocenters. The number of carbonyl (C=O) groups is 1. The molecule has 1 unspecified atom stereocenters. The molecular weight excluding hydrogens is 488 g/mol. The average Bonchev–Trinajstić information content (AvgIpc) is 3.36. The Kier molecular flexibility index (Phi) is 7.03. The highest BCUT2D eigenvalue weighted by Gasteiger charge is 2.23. The Morgan fingerprint density at radius 3 is 2.18 bits per heavy atom. The summed E-state index contributed by atoms with van der Waals surface area (Å²) in [6, 6.07) is 32.0. The number of hydrogen-bond donors (Lipinski definition) is 1. The minimum atomic E-state index is -0.476. The maximum absolute atomic E-state index is 13.6. The molecule has 6 nitrogen and oxygen atoms in total. The molecule has 39 heavy (non-hydrogen) atoms. The lowest BCUT2D eigenvalue weighted by Crippen LogP contribution is -2.23. The summed E-state index contributed by atoms with van der Waals surface area (Å²) < 4.78 is 5.96. The Balaban J connectivity index is 1.38. The van der Waals surface area contributed by atoms with Crippen LogP contribution >= 0.6 is 0 Å². The molecule has 0 saturated carbocycles. The van der Waals surface area contributed by atoms with Crippen LogP contribution in [0.2, 0.25) is 0 Å². The maximum Gasteiger partial charge on any atom is 0.269 e. The van der Waals surface area contributed by atoms with E-state index in [0.717, 1.165) is 33.4 Å². The molecule has 5 aromatic rings. The van der Waals surface area contributed by atoms with Crippen molar-refractivity contribution in [1.82, 2.24) is 0 Å². The van der Waals surface area contributed by atoms with Gasteiger partial charge in [-0.2, -0.15) is 0 Å². The highest BCUT2D eigenvalue weighted by molar-refractivity contribution is 5.96. The third-order valence-electron chi connectivity index (χ3n) is 6.95. The van der Waals surface area contributed by atoms with E-state index in [1.165, 1.54) is 17.7 Å². The second-order valence-electron chi connectivity index (χ2n) is 10.8. The summed E-state index contributed by atoms with van der Waals surface area (Å²) in [4.78, 5) is 24.3. The molecule has 196 valence electrons. The minimum Gasteiger partial charge on any atom is -0.456 e. The fourth-order valence-electron chi connectivity index (χ4n) is 4.64. The van der Waals surface area contributed by atoms with E-state index in [9.17, 15) is 14.9 Å². The van der Waals surface area contributed by atoms with Crippen LogP contribution in [-0.4, -0.2) is 10.8 Å². The van der Waals surface area contributed by atoms with Crippen molar-refractivity contribution in [3.63, 3.8) is 0 Å². The van der Waals surface area contributed by atoms with Gasteiger partial charge in [0, 0.05) is 28.8 Å². The lowest BCUT2D eigenvalue weighted by molar-refractivity contribution is -0.384. The van der Waals surface area contributed by atoms with Gasteiger partial charge in [0.25, 0.3) is 5.69 Å². The third kappa shape index (κ3) is 5.91. The first-order chi connectivity index (χ1) is 18.7. The van der Waals surface area contributed by atoms with Crippen molar-refractivity contribution in [2.24, 2.45) is 0 Å². The number of fused-ring (bicyclic) bond motifs is 1. The zero-order chi connectivity index (χ0) is 27.6. The van der Waals surface area contributed by atoms with Gasteiger partial charge in [-0.15, -0.1) is 0 Å². The molecule has 4 aromatic carbocycles. The van der Waals surface area contributed by atoms with Gasteiger partial charge in [-0.3, -0.25) is 14.9 Å². The standard InChI is InChI=1S/C33H30N2O4/c1-33(2,3)26-14-10-23(11-15-26)29(20-22-8-18-28(19-9-22)35(37)38)32(36)34-27-16-12-24(13-17-27)31-21-25-6-4-5-7-30(25)39-31/h4-19,21,29H,20H2,1-3H3,(H,34,36). The van der Waals surface area contributed by atoms with Gasteiger partial charge >= 0.3 is 0 Å². The molecule has 0 aliphatic carbocycles. The normalized spacial score (nSPS) is 12.3. The second-order valence-corrected chi connectivity index (χ2v) is 10.8. The number of anilines is 1. The van der Waals surface area contributed by atoms with Gasteiger partial charge in [0.05, 0.1) is 10.8 Å². The number of nitrogens with one attached hydrogen (secondary N) is 1. The van der Waals surface area contributed by atoms with Crippen LogP contribution in [0.1, 0.15) is 43.4 Å². The van der Waals surface area contributed by atoms with Crippen molar-refractivity contribution in [3.8, 4) is 11.3 Å². The number of hydrogen-bond acceptors (Lipinski definition) is 4. The van der Waals surface area contributed by atoms with Crippen molar-refractivity contribution in [3.05, 3.63) is 130 Å². The van der Waals surface area contributed by atoms with Gasteiger partial charge in [-0.25, -0.2) is 0 Å². The van der Waals surface area contributed by atoms with Crippen molar-refractivity contribution >= 4 is 28.3 Å². The van der Waals surface area contributed by atoms with Crippen LogP contribution in [0.5, 0.6) is 0 Å². The molecule has 1 heterocycles. The first-order valence-electron chi connectivity index (χ1n) is 12.9. The van der Waals surface area contributed by atoms with E-state index in [2.05, 4.69) is 38.2 Å². The number of amides is 1.